The molecule has 5 heteroatoms. The van der Waals surface area contributed by atoms with E-state index < -0.39 is 5.92 Å². The Morgan fingerprint density at radius 3 is 2.77 bits per heavy atom. The van der Waals surface area contributed by atoms with E-state index >= 15 is 0 Å². The predicted molar refractivity (Wildman–Crippen MR) is 44.1 cm³/mol. The zero-order chi connectivity index (χ0) is 9.84. The van der Waals surface area contributed by atoms with Gasteiger partial charge in [0.2, 0.25) is 11.8 Å². The summed E-state index contributed by atoms with van der Waals surface area (Å²) >= 11 is 0. The molecule has 0 aromatic carbocycles. The Kier molecular flexibility index (Phi) is 3.00. The maximum Gasteiger partial charge on any atom is 0.318 e. The summed E-state index contributed by atoms with van der Waals surface area (Å²) in [6.45, 7) is 5.46. The fraction of sp³-hybridized carbons (Fsp3) is 0.625. The summed E-state index contributed by atoms with van der Waals surface area (Å²) in [4.78, 5) is 11.2. The van der Waals surface area contributed by atoms with Crippen molar-refractivity contribution in [3.8, 4) is 0 Å². The Bertz CT molecular complexity index is 295. The van der Waals surface area contributed by atoms with Crippen molar-refractivity contribution in [3.05, 3.63) is 11.8 Å². The highest BCUT2D eigenvalue weighted by Gasteiger charge is 2.21. The number of hydrogen-bond donors (Lipinski definition) is 0. The molecular formula is C8H12N2O3. The van der Waals surface area contributed by atoms with Crippen LogP contribution in [0.5, 0.6) is 0 Å². The van der Waals surface area contributed by atoms with Crippen LogP contribution < -0.4 is 0 Å². The number of rotatable bonds is 3. The van der Waals surface area contributed by atoms with Crippen LogP contribution in [-0.2, 0) is 9.53 Å². The second kappa shape index (κ2) is 4.02. The molecule has 1 aromatic rings. The minimum Gasteiger partial charge on any atom is -0.465 e. The van der Waals surface area contributed by atoms with Gasteiger partial charge in [-0.15, -0.1) is 10.2 Å². The maximum absolute atomic E-state index is 11.2. The van der Waals surface area contributed by atoms with Gasteiger partial charge in [-0.3, -0.25) is 4.79 Å². The molecular weight excluding hydrogens is 172 g/mol. The molecule has 0 fully saturated rings. The average molecular weight is 184 g/mol. The number of nitrogens with zero attached hydrogens (tertiary/aromatic N) is 2. The zero-order valence-electron chi connectivity index (χ0n) is 7.90. The molecule has 0 aliphatic carbocycles. The Morgan fingerprint density at radius 2 is 2.31 bits per heavy atom. The number of aromatic nitrogens is 2. The lowest BCUT2D eigenvalue weighted by molar-refractivity contribution is -0.145. The lowest BCUT2D eigenvalue weighted by Gasteiger charge is -2.04. The molecule has 0 saturated heterocycles. The Hall–Kier alpha value is -1.39. The van der Waals surface area contributed by atoms with Gasteiger partial charge < -0.3 is 9.15 Å². The molecule has 0 saturated carbocycles. The van der Waals surface area contributed by atoms with Gasteiger partial charge in [0.05, 0.1) is 6.61 Å². The molecule has 0 radical (unpaired) electrons. The van der Waals surface area contributed by atoms with Crippen molar-refractivity contribution in [1.29, 1.82) is 0 Å². The standard InChI is InChI=1S/C8H12N2O3/c1-4-12-8(11)5(2)7-10-9-6(3)13-7/h5H,4H2,1-3H3. The van der Waals surface area contributed by atoms with E-state index in [-0.39, 0.29) is 5.97 Å². The molecule has 5 nitrogen and oxygen atoms in total. The van der Waals surface area contributed by atoms with Crippen molar-refractivity contribution in [3.63, 3.8) is 0 Å². The number of esters is 1. The van der Waals surface area contributed by atoms with Crippen molar-refractivity contribution in [2.45, 2.75) is 26.7 Å². The number of carbonyl (C=O) groups is 1. The first-order chi connectivity index (χ1) is 6.15. The summed E-state index contributed by atoms with van der Waals surface area (Å²) in [5, 5.41) is 7.36. The van der Waals surface area contributed by atoms with Crippen LogP contribution in [-0.4, -0.2) is 22.8 Å². The van der Waals surface area contributed by atoms with E-state index in [0.717, 1.165) is 0 Å². The number of aryl methyl sites for hydroxylation is 1. The first-order valence-electron chi connectivity index (χ1n) is 4.11. The smallest absolute Gasteiger partial charge is 0.318 e. The fourth-order valence-electron chi connectivity index (χ4n) is 0.855. The van der Waals surface area contributed by atoms with Crippen LogP contribution >= 0.6 is 0 Å². The molecule has 1 rings (SSSR count). The molecule has 72 valence electrons. The van der Waals surface area contributed by atoms with Crippen molar-refractivity contribution in [2.24, 2.45) is 0 Å². The molecule has 1 atom stereocenters. The van der Waals surface area contributed by atoms with Gasteiger partial charge in [-0.05, 0) is 13.8 Å². The van der Waals surface area contributed by atoms with Crippen LogP contribution in [0.3, 0.4) is 0 Å². The van der Waals surface area contributed by atoms with E-state index in [1.165, 1.54) is 0 Å². The molecule has 0 aliphatic rings. The third-order valence-corrected chi connectivity index (χ3v) is 1.55. The van der Waals surface area contributed by atoms with Gasteiger partial charge in [0.15, 0.2) is 0 Å². The summed E-state index contributed by atoms with van der Waals surface area (Å²) in [5.74, 6) is -0.0746. The van der Waals surface area contributed by atoms with Gasteiger partial charge in [-0.25, -0.2) is 0 Å². The summed E-state index contributed by atoms with van der Waals surface area (Å²) in [6.07, 6.45) is 0. The molecule has 1 aromatic heterocycles. The van der Waals surface area contributed by atoms with Crippen molar-refractivity contribution >= 4 is 5.97 Å². The number of hydrogen-bond acceptors (Lipinski definition) is 5. The normalized spacial score (nSPS) is 12.5. The average Bonchev–Trinajstić information content (AvgIpc) is 2.51. The summed E-state index contributed by atoms with van der Waals surface area (Å²) in [5.41, 5.74) is 0. The predicted octanol–water partition coefficient (Wildman–Crippen LogP) is 1.04. The highest BCUT2D eigenvalue weighted by molar-refractivity contribution is 5.76. The molecule has 0 spiro atoms. The van der Waals surface area contributed by atoms with Gasteiger partial charge in [-0.2, -0.15) is 0 Å². The number of carbonyl (C=O) groups excluding carboxylic acids is 1. The second-order valence-electron chi connectivity index (χ2n) is 2.63. The van der Waals surface area contributed by atoms with E-state index in [1.54, 1.807) is 20.8 Å². The third-order valence-electron chi connectivity index (χ3n) is 1.55. The highest BCUT2D eigenvalue weighted by atomic mass is 16.5. The van der Waals surface area contributed by atoms with Crippen molar-refractivity contribution < 1.29 is 13.9 Å². The van der Waals surface area contributed by atoms with Crippen LogP contribution in [0, 0.1) is 6.92 Å². The quantitative estimate of drug-likeness (QED) is 0.657. The maximum atomic E-state index is 11.2. The minimum absolute atomic E-state index is 0.302. The number of ether oxygens (including phenoxy) is 1. The first-order valence-corrected chi connectivity index (χ1v) is 4.11. The first kappa shape index (κ1) is 9.70. The molecule has 1 heterocycles. The molecule has 0 bridgehead atoms. The summed E-state index contributed by atoms with van der Waals surface area (Å²) in [6, 6.07) is 0. The SMILES string of the molecule is CCOC(=O)C(C)c1nnc(C)o1. The molecule has 0 amide bonds. The van der Waals surface area contributed by atoms with E-state index in [4.69, 9.17) is 9.15 Å². The Balaban J connectivity index is 2.67. The molecule has 0 aliphatic heterocycles. The van der Waals surface area contributed by atoms with Crippen LogP contribution in [0.2, 0.25) is 0 Å². The van der Waals surface area contributed by atoms with Gasteiger partial charge in [0.25, 0.3) is 0 Å². The van der Waals surface area contributed by atoms with Gasteiger partial charge in [0.1, 0.15) is 5.92 Å². The van der Waals surface area contributed by atoms with Crippen LogP contribution in [0.1, 0.15) is 31.5 Å². The highest BCUT2D eigenvalue weighted by Crippen LogP contribution is 2.14. The minimum atomic E-state index is -0.485. The lowest BCUT2D eigenvalue weighted by atomic mass is 10.2. The second-order valence-corrected chi connectivity index (χ2v) is 2.63. The Morgan fingerprint density at radius 1 is 1.62 bits per heavy atom. The zero-order valence-corrected chi connectivity index (χ0v) is 7.90. The largest absolute Gasteiger partial charge is 0.465 e. The molecule has 13 heavy (non-hydrogen) atoms. The lowest BCUT2D eigenvalue weighted by Crippen LogP contribution is -2.13. The van der Waals surface area contributed by atoms with Crippen LogP contribution in [0.4, 0.5) is 0 Å². The monoisotopic (exact) mass is 184 g/mol. The molecule has 0 N–H and O–H groups in total. The summed E-state index contributed by atoms with van der Waals surface area (Å²) in [7, 11) is 0. The Labute approximate surface area is 76.1 Å². The van der Waals surface area contributed by atoms with Gasteiger partial charge >= 0.3 is 5.97 Å². The fourth-order valence-corrected chi connectivity index (χ4v) is 0.855. The van der Waals surface area contributed by atoms with Crippen LogP contribution in [0.15, 0.2) is 4.42 Å². The van der Waals surface area contributed by atoms with Gasteiger partial charge in [0, 0.05) is 6.92 Å². The third kappa shape index (κ3) is 2.27. The summed E-state index contributed by atoms with van der Waals surface area (Å²) < 4.78 is 9.89. The van der Waals surface area contributed by atoms with E-state index in [0.29, 0.717) is 18.4 Å². The van der Waals surface area contributed by atoms with Crippen molar-refractivity contribution in [2.75, 3.05) is 6.61 Å². The van der Waals surface area contributed by atoms with Gasteiger partial charge in [-0.1, -0.05) is 0 Å². The topological polar surface area (TPSA) is 65.2 Å². The van der Waals surface area contributed by atoms with Crippen molar-refractivity contribution in [1.82, 2.24) is 10.2 Å². The van der Waals surface area contributed by atoms with E-state index in [9.17, 15) is 4.79 Å². The van der Waals surface area contributed by atoms with E-state index in [2.05, 4.69) is 10.2 Å². The van der Waals surface area contributed by atoms with E-state index in [1.807, 2.05) is 0 Å². The molecule has 1 unspecified atom stereocenters. The van der Waals surface area contributed by atoms with Crippen LogP contribution in [0.25, 0.3) is 0 Å².